The lowest BCUT2D eigenvalue weighted by Crippen LogP contribution is -2.04. The van der Waals surface area contributed by atoms with Crippen molar-refractivity contribution in [1.29, 1.82) is 0 Å². The Labute approximate surface area is 99.0 Å². The standard InChI is InChI=1S/C12H15FO4/c1-16-10-7-8(4-3-5-13)6-9(12(14)15)11(10)17-2/h6-7H,3-5H2,1-2H3,(H,14,15). The number of carboxylic acids is 1. The molecule has 0 radical (unpaired) electrons. The number of methoxy groups -OCH3 is 2. The Bertz CT molecular complexity index is 404. The minimum Gasteiger partial charge on any atom is -0.493 e. The molecule has 5 heteroatoms. The molecule has 0 aliphatic rings. The number of alkyl halides is 1. The van der Waals surface area contributed by atoms with Crippen molar-refractivity contribution >= 4 is 5.97 Å². The summed E-state index contributed by atoms with van der Waals surface area (Å²) in [7, 11) is 2.81. The van der Waals surface area contributed by atoms with Crippen LogP contribution < -0.4 is 9.47 Å². The Morgan fingerprint density at radius 2 is 2.06 bits per heavy atom. The van der Waals surface area contributed by atoms with Gasteiger partial charge in [0, 0.05) is 0 Å². The largest absolute Gasteiger partial charge is 0.493 e. The van der Waals surface area contributed by atoms with Crippen molar-refractivity contribution < 1.29 is 23.8 Å². The van der Waals surface area contributed by atoms with Crippen LogP contribution >= 0.6 is 0 Å². The first-order valence-electron chi connectivity index (χ1n) is 5.18. The molecule has 0 bridgehead atoms. The van der Waals surface area contributed by atoms with E-state index < -0.39 is 12.6 Å². The zero-order valence-electron chi connectivity index (χ0n) is 9.83. The molecule has 0 spiro atoms. The van der Waals surface area contributed by atoms with Crippen molar-refractivity contribution in [2.45, 2.75) is 12.8 Å². The average Bonchev–Trinajstić information content (AvgIpc) is 2.34. The van der Waals surface area contributed by atoms with E-state index in [0.717, 1.165) is 5.56 Å². The number of carbonyl (C=O) groups is 1. The number of carboxylic acid groups (broad SMARTS) is 1. The van der Waals surface area contributed by atoms with E-state index in [1.165, 1.54) is 20.3 Å². The zero-order valence-corrected chi connectivity index (χ0v) is 9.83. The van der Waals surface area contributed by atoms with Crippen LogP contribution in [0.5, 0.6) is 11.5 Å². The quantitative estimate of drug-likeness (QED) is 0.831. The molecule has 0 aromatic heterocycles. The normalized spacial score (nSPS) is 10.1. The fraction of sp³-hybridized carbons (Fsp3) is 0.417. The maximum Gasteiger partial charge on any atom is 0.339 e. The second-order valence-corrected chi connectivity index (χ2v) is 3.48. The van der Waals surface area contributed by atoms with Crippen LogP contribution in [0.4, 0.5) is 4.39 Å². The lowest BCUT2D eigenvalue weighted by molar-refractivity contribution is 0.0692. The van der Waals surface area contributed by atoms with Crippen LogP contribution in [0.3, 0.4) is 0 Å². The smallest absolute Gasteiger partial charge is 0.339 e. The summed E-state index contributed by atoms with van der Waals surface area (Å²) in [5, 5.41) is 9.06. The molecule has 1 aromatic rings. The third-order valence-corrected chi connectivity index (χ3v) is 2.37. The summed E-state index contributed by atoms with van der Waals surface area (Å²) >= 11 is 0. The second-order valence-electron chi connectivity index (χ2n) is 3.48. The summed E-state index contributed by atoms with van der Waals surface area (Å²) < 4.78 is 22.2. The summed E-state index contributed by atoms with van der Waals surface area (Å²) in [4.78, 5) is 11.1. The van der Waals surface area contributed by atoms with Gasteiger partial charge in [0.25, 0.3) is 0 Å². The van der Waals surface area contributed by atoms with Crippen LogP contribution in [0.15, 0.2) is 12.1 Å². The molecule has 0 unspecified atom stereocenters. The van der Waals surface area contributed by atoms with E-state index in [4.69, 9.17) is 14.6 Å². The molecule has 1 aromatic carbocycles. The van der Waals surface area contributed by atoms with Gasteiger partial charge in [0.05, 0.1) is 20.9 Å². The van der Waals surface area contributed by atoms with Crippen LogP contribution in [-0.2, 0) is 6.42 Å². The molecule has 0 fully saturated rings. The topological polar surface area (TPSA) is 55.8 Å². The molecular weight excluding hydrogens is 227 g/mol. The number of halogens is 1. The molecule has 1 rings (SSSR count). The number of aromatic carboxylic acids is 1. The summed E-state index contributed by atoms with van der Waals surface area (Å²) in [6, 6.07) is 3.15. The SMILES string of the molecule is COc1cc(CCCF)cc(C(=O)O)c1OC. The van der Waals surface area contributed by atoms with Crippen molar-refractivity contribution in [1.82, 2.24) is 0 Å². The van der Waals surface area contributed by atoms with Crippen molar-refractivity contribution in [3.63, 3.8) is 0 Å². The van der Waals surface area contributed by atoms with Gasteiger partial charge in [-0.15, -0.1) is 0 Å². The van der Waals surface area contributed by atoms with Gasteiger partial charge in [-0.25, -0.2) is 4.79 Å². The minimum absolute atomic E-state index is 0.0284. The van der Waals surface area contributed by atoms with E-state index >= 15 is 0 Å². The van der Waals surface area contributed by atoms with E-state index in [9.17, 15) is 9.18 Å². The Hall–Kier alpha value is -1.78. The van der Waals surface area contributed by atoms with Crippen LogP contribution in [-0.4, -0.2) is 32.0 Å². The first-order chi connectivity index (χ1) is 8.13. The summed E-state index contributed by atoms with van der Waals surface area (Å²) in [6.45, 7) is -0.434. The maximum atomic E-state index is 12.1. The number of rotatable bonds is 6. The number of hydrogen-bond acceptors (Lipinski definition) is 3. The van der Waals surface area contributed by atoms with Gasteiger partial charge in [0.1, 0.15) is 5.56 Å². The van der Waals surface area contributed by atoms with Gasteiger partial charge in [-0.1, -0.05) is 0 Å². The Morgan fingerprint density at radius 1 is 1.35 bits per heavy atom. The van der Waals surface area contributed by atoms with Gasteiger partial charge in [0.15, 0.2) is 11.5 Å². The second kappa shape index (κ2) is 6.08. The summed E-state index contributed by atoms with van der Waals surface area (Å²) in [5.74, 6) is -0.562. The lowest BCUT2D eigenvalue weighted by Gasteiger charge is -2.12. The fourth-order valence-electron chi connectivity index (χ4n) is 1.60. The highest BCUT2D eigenvalue weighted by Gasteiger charge is 2.17. The van der Waals surface area contributed by atoms with E-state index in [1.807, 2.05) is 0 Å². The molecule has 0 amide bonds. The molecule has 17 heavy (non-hydrogen) atoms. The van der Waals surface area contributed by atoms with Crippen LogP contribution in [0.2, 0.25) is 0 Å². The molecule has 0 aliphatic heterocycles. The van der Waals surface area contributed by atoms with Crippen molar-refractivity contribution in [3.05, 3.63) is 23.3 Å². The van der Waals surface area contributed by atoms with E-state index in [2.05, 4.69) is 0 Å². The molecule has 4 nitrogen and oxygen atoms in total. The van der Waals surface area contributed by atoms with Crippen LogP contribution in [0.1, 0.15) is 22.3 Å². The Kier molecular flexibility index (Phi) is 4.75. The predicted octanol–water partition coefficient (Wildman–Crippen LogP) is 2.30. The van der Waals surface area contributed by atoms with Gasteiger partial charge >= 0.3 is 5.97 Å². The Balaban J connectivity index is 3.20. The highest BCUT2D eigenvalue weighted by Crippen LogP contribution is 2.33. The Morgan fingerprint density at radius 3 is 2.53 bits per heavy atom. The fourth-order valence-corrected chi connectivity index (χ4v) is 1.60. The lowest BCUT2D eigenvalue weighted by atomic mass is 10.0. The number of ether oxygens (including phenoxy) is 2. The van der Waals surface area contributed by atoms with E-state index in [1.54, 1.807) is 6.07 Å². The van der Waals surface area contributed by atoms with Crippen molar-refractivity contribution in [2.24, 2.45) is 0 Å². The minimum atomic E-state index is -1.10. The maximum absolute atomic E-state index is 12.1. The first-order valence-corrected chi connectivity index (χ1v) is 5.18. The molecule has 0 atom stereocenters. The van der Waals surface area contributed by atoms with Gasteiger partial charge in [-0.05, 0) is 30.5 Å². The van der Waals surface area contributed by atoms with E-state index in [-0.39, 0.29) is 11.3 Å². The first kappa shape index (κ1) is 13.3. The van der Waals surface area contributed by atoms with Gasteiger partial charge in [-0.2, -0.15) is 0 Å². The monoisotopic (exact) mass is 242 g/mol. The average molecular weight is 242 g/mol. The molecule has 0 heterocycles. The third kappa shape index (κ3) is 3.09. The number of aryl methyl sites for hydroxylation is 1. The zero-order chi connectivity index (χ0) is 12.8. The van der Waals surface area contributed by atoms with Crippen molar-refractivity contribution in [2.75, 3.05) is 20.9 Å². The van der Waals surface area contributed by atoms with E-state index in [0.29, 0.717) is 18.6 Å². The highest BCUT2D eigenvalue weighted by atomic mass is 19.1. The molecule has 0 aliphatic carbocycles. The summed E-state index contributed by atoms with van der Waals surface area (Å²) in [5.41, 5.74) is 0.749. The molecule has 94 valence electrons. The summed E-state index contributed by atoms with van der Waals surface area (Å²) in [6.07, 6.45) is 0.825. The van der Waals surface area contributed by atoms with Gasteiger partial charge < -0.3 is 14.6 Å². The van der Waals surface area contributed by atoms with Crippen molar-refractivity contribution in [3.8, 4) is 11.5 Å². The molecule has 0 saturated carbocycles. The number of hydrogen-bond donors (Lipinski definition) is 1. The van der Waals surface area contributed by atoms with Gasteiger partial charge in [0.2, 0.25) is 0 Å². The molecule has 0 saturated heterocycles. The predicted molar refractivity (Wildman–Crippen MR) is 60.8 cm³/mol. The molecular formula is C12H15FO4. The van der Waals surface area contributed by atoms with Crippen LogP contribution in [0, 0.1) is 0 Å². The third-order valence-electron chi connectivity index (χ3n) is 2.37. The molecule has 1 N–H and O–H groups in total. The van der Waals surface area contributed by atoms with Gasteiger partial charge in [-0.3, -0.25) is 4.39 Å². The number of benzene rings is 1. The highest BCUT2D eigenvalue weighted by molar-refractivity contribution is 5.92. The van der Waals surface area contributed by atoms with Crippen LogP contribution in [0.25, 0.3) is 0 Å².